The number of anilines is 1. The van der Waals surface area contributed by atoms with Crippen molar-refractivity contribution in [3.8, 4) is 5.75 Å². The Morgan fingerprint density at radius 2 is 1.69 bits per heavy atom. The first-order valence-corrected chi connectivity index (χ1v) is 16.9. The Morgan fingerprint density at radius 3 is 2.29 bits per heavy atom. The summed E-state index contributed by atoms with van der Waals surface area (Å²) >= 11 is 3.41. The fraction of sp³-hybridized carbons (Fsp3) is 0.375. The summed E-state index contributed by atoms with van der Waals surface area (Å²) < 4.78 is 35.2. The van der Waals surface area contributed by atoms with Gasteiger partial charge in [-0.2, -0.15) is 0 Å². The molecule has 3 aromatic carbocycles. The van der Waals surface area contributed by atoms with Crippen molar-refractivity contribution in [2.24, 2.45) is 0 Å². The van der Waals surface area contributed by atoms with E-state index in [1.54, 1.807) is 19.1 Å². The van der Waals surface area contributed by atoms with Gasteiger partial charge in [-0.25, -0.2) is 8.42 Å². The number of halogens is 1. The molecule has 0 spiro atoms. The number of rotatable bonds is 12. The van der Waals surface area contributed by atoms with Crippen molar-refractivity contribution in [2.45, 2.75) is 69.5 Å². The van der Waals surface area contributed by atoms with Crippen molar-refractivity contribution in [3.63, 3.8) is 0 Å². The van der Waals surface area contributed by atoms with Gasteiger partial charge in [0.05, 0.1) is 22.6 Å². The zero-order valence-corrected chi connectivity index (χ0v) is 27.8. The van der Waals surface area contributed by atoms with Crippen molar-refractivity contribution in [3.05, 3.63) is 92.4 Å². The fourth-order valence-electron chi connectivity index (χ4n) is 5.29. The molecule has 0 saturated heterocycles. The lowest BCUT2D eigenvalue weighted by Gasteiger charge is -2.33. The Labute approximate surface area is 271 Å². The first-order valence-electron chi connectivity index (χ1n) is 14.7. The van der Waals surface area contributed by atoms with Crippen LogP contribution in [0.2, 0.25) is 0 Å². The first kappa shape index (κ1) is 33.9. The number of ether oxygens (including phenoxy) is 1. The number of amides is 2. The number of methoxy groups -OCH3 is 1. The molecule has 1 saturated carbocycles. The van der Waals surface area contributed by atoms with E-state index in [4.69, 9.17) is 4.74 Å². The number of nitro benzene ring substituents is 1. The Morgan fingerprint density at radius 1 is 1.04 bits per heavy atom. The van der Waals surface area contributed by atoms with E-state index in [1.165, 1.54) is 43.2 Å². The molecule has 0 heterocycles. The molecule has 11 nitrogen and oxygen atoms in total. The summed E-state index contributed by atoms with van der Waals surface area (Å²) in [5.41, 5.74) is 0.832. The summed E-state index contributed by atoms with van der Waals surface area (Å²) in [4.78, 5) is 39.6. The van der Waals surface area contributed by atoms with Crippen molar-refractivity contribution in [1.29, 1.82) is 0 Å². The van der Waals surface area contributed by atoms with Crippen LogP contribution in [0.4, 0.5) is 11.4 Å². The standard InChI is InChI=1S/C32H37BrN4O7S/c1-22-9-18-29(19-30(22)37(40)41)45(42,43)36(27-14-16-28(44-3)17-15-27)21-31(38)35(20-24-10-12-25(33)13-11-24)23(2)32(39)34-26-7-5-4-6-8-26/h9-19,23,26H,4-8,20-21H2,1-3H3,(H,34,39)/t23-/m0/s1. The van der Waals surface area contributed by atoms with Crippen LogP contribution in [0.5, 0.6) is 5.75 Å². The second kappa shape index (κ2) is 14.9. The smallest absolute Gasteiger partial charge is 0.273 e. The fourth-order valence-corrected chi connectivity index (χ4v) is 6.99. The van der Waals surface area contributed by atoms with E-state index in [-0.39, 0.29) is 34.8 Å². The maximum Gasteiger partial charge on any atom is 0.273 e. The lowest BCUT2D eigenvalue weighted by Crippen LogP contribution is -2.53. The van der Waals surface area contributed by atoms with Crippen LogP contribution >= 0.6 is 15.9 Å². The molecule has 240 valence electrons. The number of nitro groups is 1. The normalized spacial score (nSPS) is 14.3. The first-order chi connectivity index (χ1) is 21.4. The van der Waals surface area contributed by atoms with Gasteiger partial charge in [0.25, 0.3) is 15.7 Å². The van der Waals surface area contributed by atoms with Crippen LogP contribution in [0.25, 0.3) is 0 Å². The van der Waals surface area contributed by atoms with E-state index >= 15 is 0 Å². The van der Waals surface area contributed by atoms with Crippen molar-refractivity contribution in [2.75, 3.05) is 18.0 Å². The van der Waals surface area contributed by atoms with E-state index in [0.717, 1.165) is 52.5 Å². The van der Waals surface area contributed by atoms with E-state index in [0.29, 0.717) is 11.3 Å². The summed E-state index contributed by atoms with van der Waals surface area (Å²) in [6.07, 6.45) is 4.89. The maximum atomic E-state index is 14.2. The van der Waals surface area contributed by atoms with Gasteiger partial charge in [0.1, 0.15) is 18.3 Å². The minimum Gasteiger partial charge on any atom is -0.497 e. The van der Waals surface area contributed by atoms with Crippen molar-refractivity contribution >= 4 is 49.1 Å². The zero-order chi connectivity index (χ0) is 32.7. The summed E-state index contributed by atoms with van der Waals surface area (Å²) in [5.74, 6) is -0.469. The molecule has 4 rings (SSSR count). The number of hydrogen-bond acceptors (Lipinski definition) is 7. The molecule has 0 bridgehead atoms. The van der Waals surface area contributed by atoms with Crippen LogP contribution in [0, 0.1) is 17.0 Å². The third-order valence-corrected chi connectivity index (χ3v) is 10.3. The van der Waals surface area contributed by atoms with E-state index < -0.39 is 33.4 Å². The van der Waals surface area contributed by atoms with Gasteiger partial charge in [-0.15, -0.1) is 0 Å². The van der Waals surface area contributed by atoms with Crippen LogP contribution in [0.15, 0.2) is 76.1 Å². The third-order valence-electron chi connectivity index (χ3n) is 7.99. The topological polar surface area (TPSA) is 139 Å². The van der Waals surface area contributed by atoms with Crippen LogP contribution in [-0.2, 0) is 26.2 Å². The van der Waals surface area contributed by atoms with Crippen molar-refractivity contribution in [1.82, 2.24) is 10.2 Å². The number of carbonyl (C=O) groups excluding carboxylic acids is 2. The maximum absolute atomic E-state index is 14.2. The van der Waals surface area contributed by atoms with E-state index in [2.05, 4.69) is 21.2 Å². The summed E-state index contributed by atoms with van der Waals surface area (Å²) in [6.45, 7) is 2.54. The van der Waals surface area contributed by atoms with Gasteiger partial charge in [-0.3, -0.25) is 24.0 Å². The third kappa shape index (κ3) is 8.40. The molecule has 0 aromatic heterocycles. The van der Waals surface area contributed by atoms with Gasteiger partial charge in [0, 0.05) is 28.7 Å². The molecule has 0 aliphatic heterocycles. The molecule has 0 radical (unpaired) electrons. The van der Waals surface area contributed by atoms with Gasteiger partial charge < -0.3 is 15.0 Å². The average Bonchev–Trinajstić information content (AvgIpc) is 3.03. The highest BCUT2D eigenvalue weighted by Crippen LogP contribution is 2.30. The number of carbonyl (C=O) groups is 2. The number of nitrogens with one attached hydrogen (secondary N) is 1. The van der Waals surface area contributed by atoms with Gasteiger partial charge in [0.2, 0.25) is 11.8 Å². The number of hydrogen-bond donors (Lipinski definition) is 1. The highest BCUT2D eigenvalue weighted by atomic mass is 79.9. The quantitative estimate of drug-likeness (QED) is 0.188. The number of nitrogens with zero attached hydrogens (tertiary/aromatic N) is 3. The molecule has 1 fully saturated rings. The summed E-state index contributed by atoms with van der Waals surface area (Å²) in [6, 6.07) is 16.1. The van der Waals surface area contributed by atoms with Crippen LogP contribution in [0.3, 0.4) is 0 Å². The lowest BCUT2D eigenvalue weighted by molar-refractivity contribution is -0.385. The molecular formula is C32H37BrN4O7S. The Balaban J connectivity index is 1.72. The van der Waals surface area contributed by atoms with E-state index in [1.807, 2.05) is 24.3 Å². The molecule has 3 aromatic rings. The second-order valence-electron chi connectivity index (χ2n) is 11.1. The average molecular weight is 702 g/mol. The number of aryl methyl sites for hydroxylation is 1. The molecule has 13 heteroatoms. The molecule has 1 N–H and O–H groups in total. The van der Waals surface area contributed by atoms with Crippen molar-refractivity contribution < 1.29 is 27.7 Å². The number of benzene rings is 3. The SMILES string of the molecule is COc1ccc(N(CC(=O)N(Cc2ccc(Br)cc2)[C@@H](C)C(=O)NC2CCCCC2)S(=O)(=O)c2ccc(C)c([N+](=O)[O-])c2)cc1. The van der Waals surface area contributed by atoms with Crippen LogP contribution in [0.1, 0.15) is 50.2 Å². The zero-order valence-electron chi connectivity index (χ0n) is 25.4. The predicted octanol–water partition coefficient (Wildman–Crippen LogP) is 5.74. The van der Waals surface area contributed by atoms with Gasteiger partial charge >= 0.3 is 0 Å². The Hall–Kier alpha value is -3.97. The van der Waals surface area contributed by atoms with E-state index in [9.17, 15) is 28.1 Å². The molecule has 1 atom stereocenters. The molecule has 0 unspecified atom stereocenters. The molecule has 2 amide bonds. The van der Waals surface area contributed by atoms with Crippen LogP contribution in [-0.4, -0.2) is 55.8 Å². The predicted molar refractivity (Wildman–Crippen MR) is 175 cm³/mol. The lowest BCUT2D eigenvalue weighted by atomic mass is 9.95. The monoisotopic (exact) mass is 700 g/mol. The molecule has 1 aliphatic rings. The Kier molecular flexibility index (Phi) is 11.2. The van der Waals surface area contributed by atoms with Gasteiger partial charge in [-0.1, -0.05) is 53.4 Å². The van der Waals surface area contributed by atoms with Gasteiger partial charge in [0.15, 0.2) is 0 Å². The number of sulfonamides is 1. The largest absolute Gasteiger partial charge is 0.497 e. The molecule has 45 heavy (non-hydrogen) atoms. The highest BCUT2D eigenvalue weighted by Gasteiger charge is 2.34. The van der Waals surface area contributed by atoms with Crippen LogP contribution < -0.4 is 14.4 Å². The Bertz CT molecular complexity index is 1630. The second-order valence-corrected chi connectivity index (χ2v) is 13.9. The highest BCUT2D eigenvalue weighted by molar-refractivity contribution is 9.10. The minimum absolute atomic E-state index is 0.0202. The van der Waals surface area contributed by atoms with Gasteiger partial charge in [-0.05, 0) is 74.7 Å². The summed E-state index contributed by atoms with van der Waals surface area (Å²) in [7, 11) is -3.02. The molecular weight excluding hydrogens is 664 g/mol. The summed E-state index contributed by atoms with van der Waals surface area (Å²) in [5, 5.41) is 14.7. The molecule has 1 aliphatic carbocycles. The minimum atomic E-state index is -4.49.